The zero-order chi connectivity index (χ0) is 23.4. The second kappa shape index (κ2) is 8.04. The van der Waals surface area contributed by atoms with E-state index in [0.29, 0.717) is 5.56 Å². The zero-order valence-corrected chi connectivity index (χ0v) is 20.4. The number of hydrogen-bond donors (Lipinski definition) is 1. The number of para-hydroxylation sites is 1. The summed E-state index contributed by atoms with van der Waals surface area (Å²) < 4.78 is 0. The molecule has 1 amide bonds. The van der Waals surface area contributed by atoms with Crippen molar-refractivity contribution in [2.75, 3.05) is 0 Å². The van der Waals surface area contributed by atoms with E-state index in [0.717, 1.165) is 45.6 Å². The molecule has 4 bridgehead atoms. The number of hydrazone groups is 1. The molecule has 4 aliphatic rings. The highest BCUT2D eigenvalue weighted by Crippen LogP contribution is 2.60. The minimum Gasteiger partial charge on any atom is -0.267 e. The standard InChI is InChI=1S/C30H33N3O/c1-18-8-9-24(10-19(18)2)28-14-26(25-6-4-5-7-27(25)31-28)29(34)33-32-20(3)30-15-21-11-22(16-30)13-23(12-21)17-30/h4-10,14,21-23H,11-13,15-17H2,1-3H3,(H,33,34). The fourth-order valence-electron chi connectivity index (χ4n) is 7.28. The molecular formula is C30H33N3O. The Bertz CT molecular complexity index is 1290. The fraction of sp³-hybridized carbons (Fsp3) is 0.433. The summed E-state index contributed by atoms with van der Waals surface area (Å²) in [5.74, 6) is 2.41. The van der Waals surface area contributed by atoms with E-state index in [1.807, 2.05) is 30.3 Å². The number of benzene rings is 2. The summed E-state index contributed by atoms with van der Waals surface area (Å²) in [6.07, 6.45) is 7.97. The van der Waals surface area contributed by atoms with Gasteiger partial charge in [0, 0.05) is 22.1 Å². The van der Waals surface area contributed by atoms with E-state index in [1.165, 1.54) is 49.7 Å². The van der Waals surface area contributed by atoms with Crippen LogP contribution in [0.1, 0.15) is 66.9 Å². The van der Waals surface area contributed by atoms with Crippen molar-refractivity contribution in [2.45, 2.75) is 59.3 Å². The van der Waals surface area contributed by atoms with Crippen LogP contribution in [0.3, 0.4) is 0 Å². The van der Waals surface area contributed by atoms with E-state index >= 15 is 0 Å². The number of nitrogens with zero attached hydrogens (tertiary/aromatic N) is 2. The molecule has 1 aromatic heterocycles. The van der Waals surface area contributed by atoms with E-state index in [-0.39, 0.29) is 11.3 Å². The SMILES string of the molecule is CC(=NNC(=O)c1cc(-c2ccc(C)c(C)c2)nc2ccccc12)C12CC3CC(CC(C3)C1)C2. The van der Waals surface area contributed by atoms with E-state index < -0.39 is 0 Å². The van der Waals surface area contributed by atoms with Crippen LogP contribution in [0.4, 0.5) is 0 Å². The molecule has 0 radical (unpaired) electrons. The first kappa shape index (κ1) is 21.5. The average molecular weight is 452 g/mol. The molecule has 2 aromatic carbocycles. The summed E-state index contributed by atoms with van der Waals surface area (Å²) in [4.78, 5) is 18.3. The largest absolute Gasteiger partial charge is 0.272 e. The van der Waals surface area contributed by atoms with Crippen molar-refractivity contribution in [3.63, 3.8) is 0 Å². The lowest BCUT2D eigenvalue weighted by Crippen LogP contribution is -2.49. The third-order valence-corrected chi connectivity index (χ3v) is 8.89. The molecule has 0 atom stereocenters. The predicted molar refractivity (Wildman–Crippen MR) is 138 cm³/mol. The number of pyridine rings is 1. The Morgan fingerprint density at radius 2 is 1.62 bits per heavy atom. The van der Waals surface area contributed by atoms with Crippen molar-refractivity contribution in [3.8, 4) is 11.3 Å². The molecule has 4 aliphatic carbocycles. The van der Waals surface area contributed by atoms with E-state index in [2.05, 4.69) is 44.4 Å². The van der Waals surface area contributed by atoms with Gasteiger partial charge >= 0.3 is 0 Å². The van der Waals surface area contributed by atoms with Crippen LogP contribution in [0, 0.1) is 37.0 Å². The van der Waals surface area contributed by atoms with Crippen molar-refractivity contribution >= 4 is 22.5 Å². The number of carbonyl (C=O) groups is 1. The molecule has 34 heavy (non-hydrogen) atoms. The Hall–Kier alpha value is -3.01. The van der Waals surface area contributed by atoms with E-state index in [4.69, 9.17) is 10.1 Å². The van der Waals surface area contributed by atoms with Crippen molar-refractivity contribution in [1.82, 2.24) is 10.4 Å². The highest BCUT2D eigenvalue weighted by atomic mass is 16.2. The van der Waals surface area contributed by atoms with Crippen molar-refractivity contribution < 1.29 is 4.79 Å². The number of aryl methyl sites for hydroxylation is 2. The van der Waals surface area contributed by atoms with Gasteiger partial charge in [-0.25, -0.2) is 10.4 Å². The van der Waals surface area contributed by atoms with Gasteiger partial charge in [0.1, 0.15) is 0 Å². The Morgan fingerprint density at radius 3 is 2.29 bits per heavy atom. The number of fused-ring (bicyclic) bond motifs is 1. The summed E-state index contributed by atoms with van der Waals surface area (Å²) in [6.45, 7) is 6.35. The lowest BCUT2D eigenvalue weighted by Gasteiger charge is -2.56. The molecule has 4 fully saturated rings. The maximum absolute atomic E-state index is 13.4. The molecule has 1 heterocycles. The van der Waals surface area contributed by atoms with Crippen LogP contribution < -0.4 is 5.43 Å². The summed E-state index contributed by atoms with van der Waals surface area (Å²) in [5, 5.41) is 5.58. The normalized spacial score (nSPS) is 27.9. The minimum absolute atomic E-state index is 0.159. The topological polar surface area (TPSA) is 54.4 Å². The van der Waals surface area contributed by atoms with E-state index in [9.17, 15) is 4.79 Å². The second-order valence-corrected chi connectivity index (χ2v) is 11.2. The average Bonchev–Trinajstić information content (AvgIpc) is 2.82. The summed E-state index contributed by atoms with van der Waals surface area (Å²) in [6, 6.07) is 16.1. The molecule has 4 nitrogen and oxygen atoms in total. The number of aromatic nitrogens is 1. The molecule has 0 spiro atoms. The van der Waals surface area contributed by atoms with Gasteiger partial charge in [0.25, 0.3) is 5.91 Å². The van der Waals surface area contributed by atoms with Gasteiger partial charge in [0.15, 0.2) is 0 Å². The van der Waals surface area contributed by atoms with Crippen LogP contribution in [-0.4, -0.2) is 16.6 Å². The van der Waals surface area contributed by atoms with Crippen LogP contribution in [0.2, 0.25) is 0 Å². The van der Waals surface area contributed by atoms with Gasteiger partial charge in [0.05, 0.1) is 16.8 Å². The zero-order valence-electron chi connectivity index (χ0n) is 20.4. The van der Waals surface area contributed by atoms with Gasteiger partial charge in [-0.2, -0.15) is 5.10 Å². The first-order valence-corrected chi connectivity index (χ1v) is 12.7. The van der Waals surface area contributed by atoms with Gasteiger partial charge in [-0.3, -0.25) is 4.79 Å². The Morgan fingerprint density at radius 1 is 0.941 bits per heavy atom. The third-order valence-electron chi connectivity index (χ3n) is 8.89. The maximum atomic E-state index is 13.4. The molecule has 1 N–H and O–H groups in total. The van der Waals surface area contributed by atoms with Gasteiger partial charge < -0.3 is 0 Å². The van der Waals surface area contributed by atoms with Crippen molar-refractivity contribution in [2.24, 2.45) is 28.3 Å². The molecule has 0 saturated heterocycles. The number of hydrogen-bond acceptors (Lipinski definition) is 3. The molecule has 4 saturated carbocycles. The van der Waals surface area contributed by atoms with Gasteiger partial charge in [0.2, 0.25) is 0 Å². The van der Waals surface area contributed by atoms with Crippen LogP contribution in [0.25, 0.3) is 22.2 Å². The van der Waals surface area contributed by atoms with Gasteiger partial charge in [-0.1, -0.05) is 30.3 Å². The predicted octanol–water partition coefficient (Wildman–Crippen LogP) is 6.84. The fourth-order valence-corrected chi connectivity index (χ4v) is 7.28. The number of amides is 1. The minimum atomic E-state index is -0.159. The van der Waals surface area contributed by atoms with Crippen LogP contribution in [0.15, 0.2) is 53.6 Å². The molecular weight excluding hydrogens is 418 g/mol. The summed E-state index contributed by atoms with van der Waals surface area (Å²) in [7, 11) is 0. The highest BCUT2D eigenvalue weighted by molar-refractivity contribution is 6.07. The molecule has 4 heteroatoms. The Labute approximate surface area is 201 Å². The monoisotopic (exact) mass is 451 g/mol. The second-order valence-electron chi connectivity index (χ2n) is 11.2. The van der Waals surface area contributed by atoms with Crippen LogP contribution >= 0.6 is 0 Å². The molecule has 0 aliphatic heterocycles. The molecule has 3 aromatic rings. The maximum Gasteiger partial charge on any atom is 0.272 e. The van der Waals surface area contributed by atoms with Crippen LogP contribution in [-0.2, 0) is 0 Å². The molecule has 0 unspecified atom stereocenters. The first-order chi connectivity index (χ1) is 16.4. The molecule has 7 rings (SSSR count). The van der Waals surface area contributed by atoms with Crippen LogP contribution in [0.5, 0.6) is 0 Å². The number of rotatable bonds is 4. The quantitative estimate of drug-likeness (QED) is 0.349. The first-order valence-electron chi connectivity index (χ1n) is 12.7. The number of nitrogens with one attached hydrogen (secondary N) is 1. The third kappa shape index (κ3) is 3.64. The van der Waals surface area contributed by atoms with Crippen molar-refractivity contribution in [3.05, 3.63) is 65.2 Å². The Balaban J connectivity index is 1.32. The van der Waals surface area contributed by atoms with Crippen molar-refractivity contribution in [1.29, 1.82) is 0 Å². The smallest absolute Gasteiger partial charge is 0.267 e. The van der Waals surface area contributed by atoms with Gasteiger partial charge in [-0.15, -0.1) is 0 Å². The number of carbonyl (C=O) groups excluding carboxylic acids is 1. The summed E-state index contributed by atoms with van der Waals surface area (Å²) >= 11 is 0. The summed E-state index contributed by atoms with van der Waals surface area (Å²) in [5.41, 5.74) is 10.0. The lowest BCUT2D eigenvalue weighted by molar-refractivity contribution is -0.0128. The Kier molecular flexibility index (Phi) is 5.09. The lowest BCUT2D eigenvalue weighted by atomic mass is 9.48. The van der Waals surface area contributed by atoms with E-state index in [1.54, 1.807) is 0 Å². The molecule has 174 valence electrons. The van der Waals surface area contributed by atoms with Gasteiger partial charge in [-0.05, 0) is 106 Å². The highest BCUT2D eigenvalue weighted by Gasteiger charge is 2.52.